The zero-order chi connectivity index (χ0) is 17.1. The van der Waals surface area contributed by atoms with Gasteiger partial charge >= 0.3 is 0 Å². The van der Waals surface area contributed by atoms with Crippen molar-refractivity contribution in [1.29, 1.82) is 0 Å². The zero-order valence-corrected chi connectivity index (χ0v) is 14.4. The van der Waals surface area contributed by atoms with Crippen molar-refractivity contribution in [2.24, 2.45) is 0 Å². The Morgan fingerprint density at radius 1 is 1.20 bits per heavy atom. The van der Waals surface area contributed by atoms with Crippen molar-refractivity contribution in [2.45, 2.75) is 32.1 Å². The largest absolute Gasteiger partial charge is 0.356 e. The van der Waals surface area contributed by atoms with Crippen LogP contribution in [0, 0.1) is 0 Å². The molecule has 25 heavy (non-hydrogen) atoms. The number of piperidine rings is 1. The smallest absolute Gasteiger partial charge is 0.161 e. The Hall–Kier alpha value is -2.76. The summed E-state index contributed by atoms with van der Waals surface area (Å²) in [5.41, 5.74) is 2.07. The van der Waals surface area contributed by atoms with Crippen LogP contribution in [-0.2, 0) is 6.42 Å². The molecule has 0 saturated carbocycles. The van der Waals surface area contributed by atoms with Gasteiger partial charge in [0.2, 0.25) is 0 Å². The van der Waals surface area contributed by atoms with E-state index in [9.17, 15) is 0 Å². The van der Waals surface area contributed by atoms with E-state index >= 15 is 0 Å². The minimum absolute atomic E-state index is 0.424. The lowest BCUT2D eigenvalue weighted by atomic mass is 9.97. The van der Waals surface area contributed by atoms with E-state index in [0.29, 0.717) is 5.92 Å². The van der Waals surface area contributed by atoms with E-state index in [1.165, 1.54) is 0 Å². The highest BCUT2D eigenvalue weighted by atomic mass is 15.2. The summed E-state index contributed by atoms with van der Waals surface area (Å²) in [5.74, 6) is 3.28. The zero-order valence-electron chi connectivity index (χ0n) is 14.4. The van der Waals surface area contributed by atoms with Crippen molar-refractivity contribution in [3.8, 4) is 11.4 Å². The Labute approximate surface area is 147 Å². The second-order valence-electron chi connectivity index (χ2n) is 6.39. The summed E-state index contributed by atoms with van der Waals surface area (Å²) in [5, 5.41) is 0. The molecule has 3 aromatic heterocycles. The van der Waals surface area contributed by atoms with Crippen LogP contribution in [0.5, 0.6) is 0 Å². The molecule has 0 amide bonds. The molecule has 1 saturated heterocycles. The van der Waals surface area contributed by atoms with Crippen LogP contribution in [0.25, 0.3) is 11.4 Å². The first-order valence-electron chi connectivity index (χ1n) is 8.86. The summed E-state index contributed by atoms with van der Waals surface area (Å²) in [6.45, 7) is 4.08. The molecular weight excluding hydrogens is 312 g/mol. The van der Waals surface area contributed by atoms with Gasteiger partial charge in [0, 0.05) is 61.1 Å². The molecule has 0 bridgehead atoms. The van der Waals surface area contributed by atoms with Gasteiger partial charge in [0.05, 0.1) is 0 Å². The average Bonchev–Trinajstić information content (AvgIpc) is 3.23. The molecule has 1 aliphatic heterocycles. The van der Waals surface area contributed by atoms with Gasteiger partial charge < -0.3 is 9.88 Å². The molecule has 0 radical (unpaired) electrons. The third-order valence-corrected chi connectivity index (χ3v) is 4.72. The van der Waals surface area contributed by atoms with Gasteiger partial charge in [0.1, 0.15) is 11.6 Å². The fourth-order valence-corrected chi connectivity index (χ4v) is 3.37. The lowest BCUT2D eigenvalue weighted by Crippen LogP contribution is -2.35. The molecule has 1 unspecified atom stereocenters. The van der Waals surface area contributed by atoms with Crippen molar-refractivity contribution in [2.75, 3.05) is 18.0 Å². The number of anilines is 1. The van der Waals surface area contributed by atoms with Crippen molar-refractivity contribution in [3.05, 3.63) is 54.5 Å². The quantitative estimate of drug-likeness (QED) is 0.793. The molecule has 128 valence electrons. The van der Waals surface area contributed by atoms with Gasteiger partial charge in [-0.2, -0.15) is 0 Å². The van der Waals surface area contributed by atoms with Crippen molar-refractivity contribution < 1.29 is 0 Å². The lowest BCUT2D eigenvalue weighted by Gasteiger charge is -2.33. The van der Waals surface area contributed by atoms with Crippen LogP contribution in [0.1, 0.15) is 37.2 Å². The Bertz CT molecular complexity index is 815. The van der Waals surface area contributed by atoms with Crippen LogP contribution in [0.15, 0.2) is 43.0 Å². The van der Waals surface area contributed by atoms with E-state index in [1.54, 1.807) is 12.4 Å². The summed E-state index contributed by atoms with van der Waals surface area (Å²) >= 11 is 0. The standard InChI is InChI=1S/C19H22N6/c1-2-16-12-17(24-19(23-16)14-5-7-20-8-6-14)25-11-3-4-15(13-25)18-21-9-10-22-18/h5-10,12,15H,2-4,11,13H2,1H3,(H,21,22). The molecule has 1 fully saturated rings. The molecule has 1 atom stereocenters. The van der Waals surface area contributed by atoms with Gasteiger partial charge in [-0.25, -0.2) is 15.0 Å². The summed E-state index contributed by atoms with van der Waals surface area (Å²) in [7, 11) is 0. The fraction of sp³-hybridized carbons (Fsp3) is 0.368. The Morgan fingerprint density at radius 2 is 2.08 bits per heavy atom. The normalized spacial score (nSPS) is 17.6. The van der Waals surface area contributed by atoms with E-state index in [2.05, 4.69) is 32.8 Å². The number of H-pyrrole nitrogens is 1. The third kappa shape index (κ3) is 3.38. The molecule has 3 aromatic rings. The third-order valence-electron chi connectivity index (χ3n) is 4.72. The number of aromatic nitrogens is 5. The number of pyridine rings is 1. The van der Waals surface area contributed by atoms with Crippen LogP contribution in [-0.4, -0.2) is 38.0 Å². The lowest BCUT2D eigenvalue weighted by molar-refractivity contribution is 0.491. The predicted molar refractivity (Wildman–Crippen MR) is 97.4 cm³/mol. The van der Waals surface area contributed by atoms with Crippen molar-refractivity contribution >= 4 is 5.82 Å². The Balaban J connectivity index is 1.65. The Morgan fingerprint density at radius 3 is 2.84 bits per heavy atom. The summed E-state index contributed by atoms with van der Waals surface area (Å²) in [6, 6.07) is 6.04. The van der Waals surface area contributed by atoms with Crippen molar-refractivity contribution in [1.82, 2.24) is 24.9 Å². The number of aryl methyl sites for hydroxylation is 1. The van der Waals surface area contributed by atoms with E-state index in [4.69, 9.17) is 9.97 Å². The van der Waals surface area contributed by atoms with Gasteiger partial charge in [-0.05, 0) is 31.4 Å². The first-order chi connectivity index (χ1) is 12.3. The molecular formula is C19H22N6. The van der Waals surface area contributed by atoms with Crippen LogP contribution in [0.2, 0.25) is 0 Å². The number of nitrogens with one attached hydrogen (secondary N) is 1. The summed E-state index contributed by atoms with van der Waals surface area (Å²) in [6.07, 6.45) is 10.5. The molecule has 6 nitrogen and oxygen atoms in total. The average molecular weight is 334 g/mol. The molecule has 1 N–H and O–H groups in total. The molecule has 0 aromatic carbocycles. The number of hydrogen-bond acceptors (Lipinski definition) is 5. The Kier molecular flexibility index (Phi) is 4.41. The van der Waals surface area contributed by atoms with Crippen LogP contribution < -0.4 is 4.90 Å². The van der Waals surface area contributed by atoms with Crippen LogP contribution in [0.4, 0.5) is 5.82 Å². The molecule has 6 heteroatoms. The number of rotatable bonds is 4. The van der Waals surface area contributed by atoms with E-state index < -0.39 is 0 Å². The predicted octanol–water partition coefficient (Wildman–Crippen LogP) is 3.21. The number of imidazole rings is 1. The first kappa shape index (κ1) is 15.7. The topological polar surface area (TPSA) is 70.6 Å². The SMILES string of the molecule is CCc1cc(N2CCCC(c3ncc[nH]3)C2)nc(-c2ccncc2)n1. The van der Waals surface area contributed by atoms with Gasteiger partial charge in [-0.3, -0.25) is 4.98 Å². The summed E-state index contributed by atoms with van der Waals surface area (Å²) in [4.78, 5) is 23.7. The molecule has 4 heterocycles. The fourth-order valence-electron chi connectivity index (χ4n) is 3.37. The molecule has 0 aliphatic carbocycles. The van der Waals surface area contributed by atoms with Crippen LogP contribution in [0.3, 0.4) is 0 Å². The molecule has 0 spiro atoms. The number of hydrogen-bond donors (Lipinski definition) is 1. The van der Waals surface area contributed by atoms with Gasteiger partial charge in [0.25, 0.3) is 0 Å². The number of nitrogens with zero attached hydrogens (tertiary/aromatic N) is 5. The second-order valence-corrected chi connectivity index (χ2v) is 6.39. The maximum atomic E-state index is 4.85. The van der Waals surface area contributed by atoms with Crippen molar-refractivity contribution in [3.63, 3.8) is 0 Å². The van der Waals surface area contributed by atoms with Crippen LogP contribution >= 0.6 is 0 Å². The molecule has 4 rings (SSSR count). The highest BCUT2D eigenvalue weighted by Gasteiger charge is 2.24. The highest BCUT2D eigenvalue weighted by molar-refractivity contribution is 5.57. The monoisotopic (exact) mass is 334 g/mol. The van der Waals surface area contributed by atoms with E-state index in [1.807, 2.05) is 24.5 Å². The van der Waals surface area contributed by atoms with E-state index in [0.717, 1.165) is 61.1 Å². The minimum Gasteiger partial charge on any atom is -0.356 e. The van der Waals surface area contributed by atoms with E-state index in [-0.39, 0.29) is 0 Å². The van der Waals surface area contributed by atoms with Gasteiger partial charge in [-0.15, -0.1) is 0 Å². The highest BCUT2D eigenvalue weighted by Crippen LogP contribution is 2.28. The number of aromatic amines is 1. The first-order valence-corrected chi connectivity index (χ1v) is 8.86. The maximum absolute atomic E-state index is 4.85. The second kappa shape index (κ2) is 7.01. The molecule has 1 aliphatic rings. The van der Waals surface area contributed by atoms with Gasteiger partial charge in [-0.1, -0.05) is 6.92 Å². The summed E-state index contributed by atoms with van der Waals surface area (Å²) < 4.78 is 0. The minimum atomic E-state index is 0.424. The van der Waals surface area contributed by atoms with Gasteiger partial charge in [0.15, 0.2) is 5.82 Å². The maximum Gasteiger partial charge on any atom is 0.161 e.